The highest BCUT2D eigenvalue weighted by atomic mass is 16.4. The van der Waals surface area contributed by atoms with Crippen LogP contribution in [0.4, 0.5) is 0 Å². The summed E-state index contributed by atoms with van der Waals surface area (Å²) in [6.07, 6.45) is 14.8. The first-order valence-electron chi connectivity index (χ1n) is 12.0. The minimum absolute atomic E-state index is 0.00557. The van der Waals surface area contributed by atoms with Gasteiger partial charge >= 0.3 is 5.97 Å². The molecular weight excluding hydrogens is 366 g/mol. The van der Waals surface area contributed by atoms with Crippen LogP contribution in [0.25, 0.3) is 0 Å². The fraction of sp³-hybridized carbons (Fsp3) is 0.875. The molecule has 164 valence electrons. The lowest BCUT2D eigenvalue weighted by Gasteiger charge is -2.58. The van der Waals surface area contributed by atoms with E-state index in [1.165, 1.54) is 12.8 Å². The van der Waals surface area contributed by atoms with E-state index >= 15 is 0 Å². The second-order valence-electron chi connectivity index (χ2n) is 10.0. The number of rotatable bonds is 8. The van der Waals surface area contributed by atoms with Crippen LogP contribution in [0.1, 0.15) is 77.6 Å². The van der Waals surface area contributed by atoms with Gasteiger partial charge in [0, 0.05) is 18.0 Å². The van der Waals surface area contributed by atoms with Gasteiger partial charge in [-0.2, -0.15) is 0 Å². The Kier molecular flexibility index (Phi) is 6.38. The zero-order valence-electron chi connectivity index (χ0n) is 17.9. The summed E-state index contributed by atoms with van der Waals surface area (Å²) < 4.78 is 0. The molecule has 0 radical (unpaired) electrons. The lowest BCUT2D eigenvalue weighted by molar-refractivity contribution is -0.179. The van der Waals surface area contributed by atoms with Crippen molar-refractivity contribution in [3.63, 3.8) is 0 Å². The van der Waals surface area contributed by atoms with Crippen LogP contribution in [0.3, 0.4) is 0 Å². The quantitative estimate of drug-likeness (QED) is 0.425. The molecule has 7 atom stereocenters. The number of aliphatic hydroxyl groups is 2. The van der Waals surface area contributed by atoms with Crippen LogP contribution in [-0.2, 0) is 4.79 Å². The number of fused-ring (bicyclic) bond motifs is 3. The maximum absolute atomic E-state index is 13.1. The van der Waals surface area contributed by atoms with E-state index in [1.54, 1.807) is 6.08 Å². The molecule has 0 spiro atoms. The third-order valence-electron chi connectivity index (χ3n) is 8.80. The minimum Gasteiger partial charge on any atom is -0.480 e. The molecule has 5 heteroatoms. The second kappa shape index (κ2) is 8.68. The number of carboxylic acids is 1. The van der Waals surface area contributed by atoms with Gasteiger partial charge in [-0.15, -0.1) is 0 Å². The van der Waals surface area contributed by atoms with Gasteiger partial charge in [0.2, 0.25) is 0 Å². The highest BCUT2D eigenvalue weighted by molar-refractivity contribution is 5.80. The summed E-state index contributed by atoms with van der Waals surface area (Å²) in [5.74, 6) is 0.251. The number of hydrogen-bond acceptors (Lipinski definition) is 4. The largest absolute Gasteiger partial charge is 0.480 e. The van der Waals surface area contributed by atoms with E-state index in [0.717, 1.165) is 51.4 Å². The summed E-state index contributed by atoms with van der Waals surface area (Å²) in [7, 11) is 0. The van der Waals surface area contributed by atoms with Crippen molar-refractivity contribution in [2.24, 2.45) is 23.7 Å². The molecule has 2 aliphatic carbocycles. The van der Waals surface area contributed by atoms with Crippen LogP contribution in [-0.4, -0.2) is 56.5 Å². The van der Waals surface area contributed by atoms with Gasteiger partial charge in [0.25, 0.3) is 0 Å². The molecule has 0 aromatic heterocycles. The van der Waals surface area contributed by atoms with Gasteiger partial charge in [-0.05, 0) is 62.7 Å². The first kappa shape index (κ1) is 21.3. The predicted octanol–water partition coefficient (Wildman–Crippen LogP) is 3.59. The van der Waals surface area contributed by atoms with Crippen LogP contribution in [0.15, 0.2) is 12.2 Å². The Morgan fingerprint density at radius 1 is 1.17 bits per heavy atom. The maximum atomic E-state index is 13.1. The van der Waals surface area contributed by atoms with E-state index in [1.807, 2.05) is 6.08 Å². The van der Waals surface area contributed by atoms with Crippen molar-refractivity contribution in [2.45, 2.75) is 101 Å². The Balaban J connectivity index is 1.68. The van der Waals surface area contributed by atoms with Gasteiger partial charge in [-0.25, -0.2) is 0 Å². The average Bonchev–Trinajstić information content (AvgIpc) is 3.14. The normalized spacial score (nSPS) is 42.7. The number of carbonyl (C=O) groups is 1. The van der Waals surface area contributed by atoms with Crippen LogP contribution in [0.2, 0.25) is 0 Å². The van der Waals surface area contributed by atoms with Gasteiger partial charge < -0.3 is 15.3 Å². The molecule has 0 bridgehead atoms. The molecular formula is C24H39NO4. The molecule has 3 unspecified atom stereocenters. The van der Waals surface area contributed by atoms with Crippen LogP contribution in [0.5, 0.6) is 0 Å². The van der Waals surface area contributed by atoms with Crippen LogP contribution in [0, 0.1) is 23.7 Å². The molecule has 0 aromatic rings. The van der Waals surface area contributed by atoms with Crippen molar-refractivity contribution < 1.29 is 20.1 Å². The Labute approximate surface area is 175 Å². The van der Waals surface area contributed by atoms with E-state index < -0.39 is 17.6 Å². The van der Waals surface area contributed by atoms with Gasteiger partial charge in [0.1, 0.15) is 5.54 Å². The lowest BCUT2D eigenvalue weighted by atomic mass is 9.59. The summed E-state index contributed by atoms with van der Waals surface area (Å²) in [5.41, 5.74) is -0.733. The Hall–Kier alpha value is -0.910. The van der Waals surface area contributed by atoms with Crippen molar-refractivity contribution in [1.82, 2.24) is 4.90 Å². The van der Waals surface area contributed by atoms with E-state index in [4.69, 9.17) is 0 Å². The van der Waals surface area contributed by atoms with E-state index in [-0.39, 0.29) is 30.4 Å². The molecule has 5 nitrogen and oxygen atoms in total. The molecule has 4 fully saturated rings. The van der Waals surface area contributed by atoms with Gasteiger partial charge in [0.05, 0.1) is 12.7 Å². The zero-order chi connectivity index (χ0) is 20.6. The van der Waals surface area contributed by atoms with E-state index in [0.29, 0.717) is 18.4 Å². The zero-order valence-corrected chi connectivity index (χ0v) is 17.9. The van der Waals surface area contributed by atoms with Crippen molar-refractivity contribution >= 4 is 5.97 Å². The summed E-state index contributed by atoms with van der Waals surface area (Å²) >= 11 is 0. The fourth-order valence-electron chi connectivity index (χ4n) is 7.46. The molecule has 4 rings (SSSR count). The predicted molar refractivity (Wildman–Crippen MR) is 112 cm³/mol. The number of aliphatic carboxylic acids is 1. The Morgan fingerprint density at radius 2 is 1.97 bits per heavy atom. The molecule has 3 N–H and O–H groups in total. The molecule has 2 aliphatic heterocycles. The highest BCUT2D eigenvalue weighted by Crippen LogP contribution is 2.59. The van der Waals surface area contributed by atoms with Gasteiger partial charge in [-0.3, -0.25) is 9.69 Å². The van der Waals surface area contributed by atoms with Crippen molar-refractivity contribution in [3.05, 3.63) is 12.2 Å². The monoisotopic (exact) mass is 405 g/mol. The van der Waals surface area contributed by atoms with Gasteiger partial charge in [-0.1, -0.05) is 44.8 Å². The summed E-state index contributed by atoms with van der Waals surface area (Å²) in [6.45, 7) is 2.20. The number of piperidine rings is 1. The third-order valence-corrected chi connectivity index (χ3v) is 8.80. The third kappa shape index (κ3) is 3.37. The summed E-state index contributed by atoms with van der Waals surface area (Å²) in [4.78, 5) is 15.5. The molecule has 0 aromatic carbocycles. The van der Waals surface area contributed by atoms with Crippen molar-refractivity contribution in [3.8, 4) is 0 Å². The van der Waals surface area contributed by atoms with Crippen molar-refractivity contribution in [2.75, 3.05) is 6.61 Å². The Morgan fingerprint density at radius 3 is 2.59 bits per heavy atom. The SMILES string of the molecule is CCCCCC1CCC2C[C@@H]3[C@@H](C=CCO)[C@H](O)C[C@H]3N2C1(C(=O)O)C1CCC1. The van der Waals surface area contributed by atoms with Crippen molar-refractivity contribution in [1.29, 1.82) is 0 Å². The molecule has 4 aliphatic rings. The molecule has 29 heavy (non-hydrogen) atoms. The van der Waals surface area contributed by atoms with E-state index in [9.17, 15) is 20.1 Å². The average molecular weight is 406 g/mol. The minimum atomic E-state index is -0.733. The first-order valence-corrected chi connectivity index (χ1v) is 12.0. The number of carboxylic acid groups (broad SMARTS) is 1. The number of unbranched alkanes of at least 4 members (excludes halogenated alkanes) is 2. The maximum Gasteiger partial charge on any atom is 0.324 e. The van der Waals surface area contributed by atoms with E-state index in [2.05, 4.69) is 11.8 Å². The lowest BCUT2D eigenvalue weighted by Crippen LogP contribution is -2.70. The Bertz CT molecular complexity index is 618. The molecule has 0 amide bonds. The first-order chi connectivity index (χ1) is 14.1. The van der Waals surface area contributed by atoms with Crippen LogP contribution < -0.4 is 0 Å². The standard InChI is InChI=1S/C24H39NO4/c1-2-3-4-7-17-11-12-18-14-20-19(10-6-13-26)22(27)15-21(20)25(18)24(17,23(28)29)16-8-5-9-16/h6,10,16-22,26-27H,2-5,7-9,11-15H2,1H3,(H,28,29)/t17?,18?,19-,20-,21-,22-,24?/m1/s1. The number of aliphatic hydroxyl groups excluding tert-OH is 2. The topological polar surface area (TPSA) is 81.0 Å². The number of hydrogen-bond donors (Lipinski definition) is 3. The fourth-order valence-corrected chi connectivity index (χ4v) is 7.46. The summed E-state index contributed by atoms with van der Waals surface area (Å²) in [6, 6.07) is 0.496. The smallest absolute Gasteiger partial charge is 0.324 e. The molecule has 2 saturated carbocycles. The number of nitrogens with zero attached hydrogens (tertiary/aromatic N) is 1. The molecule has 2 heterocycles. The summed E-state index contributed by atoms with van der Waals surface area (Å²) in [5, 5.41) is 30.7. The van der Waals surface area contributed by atoms with Gasteiger partial charge in [0.15, 0.2) is 0 Å². The molecule has 2 saturated heterocycles. The van der Waals surface area contributed by atoms with Crippen LogP contribution >= 0.6 is 0 Å². The highest BCUT2D eigenvalue weighted by Gasteiger charge is 2.66. The second-order valence-corrected chi connectivity index (χ2v) is 10.0.